The quantitative estimate of drug-likeness (QED) is 0.777. The predicted molar refractivity (Wildman–Crippen MR) is 84.2 cm³/mol. The number of rotatable bonds is 5. The summed E-state index contributed by atoms with van der Waals surface area (Å²) in [6, 6.07) is 2.16. The Bertz CT molecular complexity index is 514. The fraction of sp³-hybridized carbons (Fsp3) is 0.562. The van der Waals surface area contributed by atoms with Gasteiger partial charge in [0.2, 0.25) is 0 Å². The number of likely N-dealkylation sites (tertiary alicyclic amines) is 1. The third-order valence-electron chi connectivity index (χ3n) is 3.96. The molecular weight excluding hydrogens is 304 g/mol. The van der Waals surface area contributed by atoms with Crippen LogP contribution in [0.3, 0.4) is 0 Å². The lowest BCUT2D eigenvalue weighted by molar-refractivity contribution is 0.0924. The van der Waals surface area contributed by atoms with Crippen LogP contribution in [0.1, 0.15) is 19.8 Å². The third kappa shape index (κ3) is 6.11. The number of hydrogen-bond acceptors (Lipinski definition) is 3. The molecule has 0 aromatic heterocycles. The maximum absolute atomic E-state index is 13.0. The van der Waals surface area contributed by atoms with Gasteiger partial charge < -0.3 is 20.6 Å². The summed E-state index contributed by atoms with van der Waals surface area (Å²) in [5.74, 6) is -0.807. The molecule has 0 spiro atoms. The van der Waals surface area contributed by atoms with Crippen molar-refractivity contribution < 1.29 is 18.7 Å². The molecule has 1 fully saturated rings. The van der Waals surface area contributed by atoms with E-state index in [1.807, 2.05) is 0 Å². The normalized spacial score (nSPS) is 17.7. The molecule has 3 N–H and O–H groups in total. The molecule has 1 aliphatic heterocycles. The second-order valence-electron chi connectivity index (χ2n) is 6.13. The number of aliphatic hydroxyl groups excluding tert-OH is 1. The van der Waals surface area contributed by atoms with Gasteiger partial charge in [-0.05, 0) is 44.0 Å². The number of anilines is 1. The summed E-state index contributed by atoms with van der Waals surface area (Å²) >= 11 is 0. The lowest BCUT2D eigenvalue weighted by Crippen LogP contribution is -2.43. The van der Waals surface area contributed by atoms with E-state index in [1.54, 1.807) is 0 Å². The Morgan fingerprint density at radius 1 is 1.30 bits per heavy atom. The molecule has 1 atom stereocenters. The molecule has 1 heterocycles. The van der Waals surface area contributed by atoms with Crippen LogP contribution >= 0.6 is 0 Å². The number of halogens is 2. The number of β-amino-alcohol motifs (C(OH)–C–C–N with tert-alkyl or cyclic N) is 1. The van der Waals surface area contributed by atoms with Gasteiger partial charge in [0.1, 0.15) is 11.6 Å². The molecule has 0 aliphatic carbocycles. The summed E-state index contributed by atoms with van der Waals surface area (Å²) in [7, 11) is 0. The van der Waals surface area contributed by atoms with E-state index < -0.39 is 23.8 Å². The zero-order valence-electron chi connectivity index (χ0n) is 13.2. The summed E-state index contributed by atoms with van der Waals surface area (Å²) in [6.07, 6.45) is 1.55. The lowest BCUT2D eigenvalue weighted by Gasteiger charge is -2.31. The second kappa shape index (κ2) is 8.21. The van der Waals surface area contributed by atoms with Crippen molar-refractivity contribution in [3.05, 3.63) is 29.8 Å². The van der Waals surface area contributed by atoms with Gasteiger partial charge in [0.25, 0.3) is 0 Å². The van der Waals surface area contributed by atoms with Gasteiger partial charge in [-0.25, -0.2) is 13.6 Å². The van der Waals surface area contributed by atoms with Crippen LogP contribution in [0.5, 0.6) is 0 Å². The van der Waals surface area contributed by atoms with Gasteiger partial charge in [0.05, 0.1) is 6.10 Å². The number of carbonyl (C=O) groups excluding carboxylic acids is 1. The van der Waals surface area contributed by atoms with Gasteiger partial charge in [-0.2, -0.15) is 0 Å². The van der Waals surface area contributed by atoms with E-state index in [2.05, 4.69) is 22.5 Å². The van der Waals surface area contributed by atoms with Crippen LogP contribution in [0.4, 0.5) is 19.3 Å². The van der Waals surface area contributed by atoms with Crippen molar-refractivity contribution in [1.82, 2.24) is 10.2 Å². The van der Waals surface area contributed by atoms with Crippen LogP contribution in [-0.4, -0.2) is 48.3 Å². The Kier molecular flexibility index (Phi) is 6.29. The minimum atomic E-state index is -0.764. The lowest BCUT2D eigenvalue weighted by atomic mass is 9.99. The molecule has 1 saturated heterocycles. The number of hydrogen-bond donors (Lipinski definition) is 3. The van der Waals surface area contributed by atoms with Crippen LogP contribution in [0.2, 0.25) is 0 Å². The Hall–Kier alpha value is -1.73. The van der Waals surface area contributed by atoms with Gasteiger partial charge in [-0.1, -0.05) is 6.92 Å². The van der Waals surface area contributed by atoms with Crippen LogP contribution in [0, 0.1) is 17.6 Å². The first-order valence-electron chi connectivity index (χ1n) is 7.83. The van der Waals surface area contributed by atoms with Gasteiger partial charge in [-0.15, -0.1) is 0 Å². The van der Waals surface area contributed by atoms with Gasteiger partial charge >= 0.3 is 6.03 Å². The maximum atomic E-state index is 13.0. The minimum absolute atomic E-state index is 0.0273. The molecule has 1 aromatic carbocycles. The molecule has 23 heavy (non-hydrogen) atoms. The monoisotopic (exact) mass is 327 g/mol. The standard InChI is InChI=1S/C16H23F2N3O2/c1-11-2-4-21(5-3-11)10-15(22)9-19-16(23)20-14-7-12(17)6-13(18)8-14/h6-8,11,15,22H,2-5,9-10H2,1H3,(H2,19,20,23). The van der Waals surface area contributed by atoms with Crippen molar-refractivity contribution in [3.63, 3.8) is 0 Å². The van der Waals surface area contributed by atoms with Crippen molar-refractivity contribution >= 4 is 11.7 Å². The van der Waals surface area contributed by atoms with E-state index in [0.29, 0.717) is 6.54 Å². The summed E-state index contributed by atoms with van der Waals surface area (Å²) in [5.41, 5.74) is 0.0273. The molecule has 0 bridgehead atoms. The number of piperidine rings is 1. The highest BCUT2D eigenvalue weighted by Crippen LogP contribution is 2.16. The topological polar surface area (TPSA) is 64.6 Å². The second-order valence-corrected chi connectivity index (χ2v) is 6.13. The maximum Gasteiger partial charge on any atom is 0.319 e. The zero-order chi connectivity index (χ0) is 16.8. The molecule has 7 heteroatoms. The number of nitrogens with one attached hydrogen (secondary N) is 2. The number of nitrogens with zero attached hydrogens (tertiary/aromatic N) is 1. The Labute approximate surface area is 134 Å². The molecule has 2 amide bonds. The molecule has 128 valence electrons. The van der Waals surface area contributed by atoms with Gasteiger partial charge in [0.15, 0.2) is 0 Å². The molecular formula is C16H23F2N3O2. The zero-order valence-corrected chi connectivity index (χ0v) is 13.2. The minimum Gasteiger partial charge on any atom is -0.390 e. The fourth-order valence-corrected chi connectivity index (χ4v) is 2.62. The van der Waals surface area contributed by atoms with Gasteiger partial charge in [0, 0.05) is 24.8 Å². The van der Waals surface area contributed by atoms with Crippen molar-refractivity contribution in [1.29, 1.82) is 0 Å². The number of benzene rings is 1. The summed E-state index contributed by atoms with van der Waals surface area (Å²) in [6.45, 7) is 4.70. The summed E-state index contributed by atoms with van der Waals surface area (Å²) in [4.78, 5) is 13.9. The van der Waals surface area contributed by atoms with E-state index in [9.17, 15) is 18.7 Å². The largest absolute Gasteiger partial charge is 0.390 e. The van der Waals surface area contributed by atoms with Crippen molar-refractivity contribution in [2.75, 3.05) is 31.5 Å². The van der Waals surface area contributed by atoms with Crippen molar-refractivity contribution in [2.24, 2.45) is 5.92 Å². The smallest absolute Gasteiger partial charge is 0.319 e. The molecule has 1 aliphatic rings. The SMILES string of the molecule is CC1CCN(CC(O)CNC(=O)Nc2cc(F)cc(F)c2)CC1. The van der Waals surface area contributed by atoms with Crippen molar-refractivity contribution in [2.45, 2.75) is 25.9 Å². The highest BCUT2D eigenvalue weighted by molar-refractivity contribution is 5.89. The molecule has 0 saturated carbocycles. The molecule has 1 aromatic rings. The number of aliphatic hydroxyl groups is 1. The Morgan fingerprint density at radius 3 is 2.52 bits per heavy atom. The Morgan fingerprint density at radius 2 is 1.91 bits per heavy atom. The van der Waals surface area contributed by atoms with E-state index in [1.165, 1.54) is 0 Å². The van der Waals surface area contributed by atoms with Crippen LogP contribution in [-0.2, 0) is 0 Å². The average Bonchev–Trinajstić information content (AvgIpc) is 2.46. The van der Waals surface area contributed by atoms with E-state index >= 15 is 0 Å². The number of amides is 2. The van der Waals surface area contributed by atoms with E-state index in [-0.39, 0.29) is 12.2 Å². The predicted octanol–water partition coefficient (Wildman–Crippen LogP) is 2.18. The highest BCUT2D eigenvalue weighted by atomic mass is 19.1. The highest BCUT2D eigenvalue weighted by Gasteiger charge is 2.18. The Balaban J connectivity index is 1.71. The average molecular weight is 327 g/mol. The van der Waals surface area contributed by atoms with Crippen LogP contribution < -0.4 is 10.6 Å². The molecule has 2 rings (SSSR count). The first-order valence-corrected chi connectivity index (χ1v) is 7.83. The van der Waals surface area contributed by atoms with E-state index in [0.717, 1.165) is 50.0 Å². The van der Waals surface area contributed by atoms with E-state index in [4.69, 9.17) is 0 Å². The molecule has 0 radical (unpaired) electrons. The third-order valence-corrected chi connectivity index (χ3v) is 3.96. The molecule has 5 nitrogen and oxygen atoms in total. The summed E-state index contributed by atoms with van der Waals surface area (Å²) in [5, 5.41) is 14.8. The van der Waals surface area contributed by atoms with Crippen LogP contribution in [0.25, 0.3) is 0 Å². The first-order chi connectivity index (χ1) is 10.9. The van der Waals surface area contributed by atoms with Gasteiger partial charge in [-0.3, -0.25) is 0 Å². The molecule has 1 unspecified atom stereocenters. The summed E-state index contributed by atoms with van der Waals surface area (Å²) < 4.78 is 26.0. The van der Waals surface area contributed by atoms with Crippen molar-refractivity contribution in [3.8, 4) is 0 Å². The number of carbonyl (C=O) groups is 1. The number of urea groups is 1. The fourth-order valence-electron chi connectivity index (χ4n) is 2.62. The first kappa shape index (κ1) is 17.6. The van der Waals surface area contributed by atoms with Crippen LogP contribution in [0.15, 0.2) is 18.2 Å².